The summed E-state index contributed by atoms with van der Waals surface area (Å²) in [4.78, 5) is 26.0. The normalized spacial score (nSPS) is 16.1. The number of fused-ring (bicyclic) bond motifs is 3. The maximum Gasteiger partial charge on any atom is 0.269 e. The Morgan fingerprint density at radius 1 is 1.28 bits per heavy atom. The van der Waals surface area contributed by atoms with Crippen molar-refractivity contribution in [1.82, 2.24) is 4.98 Å². The highest BCUT2D eigenvalue weighted by Gasteiger charge is 2.20. The molecule has 1 unspecified atom stereocenters. The van der Waals surface area contributed by atoms with Crippen molar-refractivity contribution in [3.8, 4) is 0 Å². The molecule has 1 heterocycles. The molecule has 0 aliphatic heterocycles. The summed E-state index contributed by atoms with van der Waals surface area (Å²) in [6, 6.07) is 12.3. The molecule has 0 fully saturated rings. The number of carbonyl (C=O) groups is 1. The van der Waals surface area contributed by atoms with Crippen LogP contribution in [0.25, 0.3) is 17.0 Å². The van der Waals surface area contributed by atoms with Crippen LogP contribution in [0.5, 0.6) is 0 Å². The molecular weight excluding hydrogens is 368 g/mol. The molecule has 148 valence electrons. The van der Waals surface area contributed by atoms with Crippen molar-refractivity contribution in [2.75, 3.05) is 5.32 Å². The Morgan fingerprint density at radius 2 is 2.07 bits per heavy atom. The van der Waals surface area contributed by atoms with Crippen molar-refractivity contribution in [1.29, 1.82) is 0 Å². The predicted molar refractivity (Wildman–Crippen MR) is 114 cm³/mol. The molecule has 0 saturated carbocycles. The lowest BCUT2D eigenvalue weighted by molar-refractivity contribution is -0.384. The Balaban J connectivity index is 1.41. The number of amides is 1. The number of aryl methyl sites for hydroxylation is 1. The summed E-state index contributed by atoms with van der Waals surface area (Å²) in [7, 11) is 0. The van der Waals surface area contributed by atoms with E-state index in [9.17, 15) is 14.9 Å². The Bertz CT molecular complexity index is 1100. The second-order valence-corrected chi connectivity index (χ2v) is 7.35. The summed E-state index contributed by atoms with van der Waals surface area (Å²) in [5.41, 5.74) is 11.3. The first-order valence-electron chi connectivity index (χ1n) is 9.59. The van der Waals surface area contributed by atoms with Crippen LogP contribution in [-0.2, 0) is 17.6 Å². The molecule has 0 bridgehead atoms. The van der Waals surface area contributed by atoms with E-state index in [0.29, 0.717) is 0 Å². The van der Waals surface area contributed by atoms with E-state index in [1.807, 2.05) is 18.2 Å². The van der Waals surface area contributed by atoms with Gasteiger partial charge in [0.2, 0.25) is 5.91 Å². The van der Waals surface area contributed by atoms with Gasteiger partial charge in [-0.25, -0.2) is 0 Å². The highest BCUT2D eigenvalue weighted by molar-refractivity contribution is 5.96. The number of nitrogens with one attached hydrogen (secondary N) is 2. The van der Waals surface area contributed by atoms with E-state index in [4.69, 9.17) is 5.73 Å². The first-order chi connectivity index (χ1) is 14.0. The van der Waals surface area contributed by atoms with E-state index in [1.54, 1.807) is 24.3 Å². The number of hydrogen-bond donors (Lipinski definition) is 3. The molecule has 7 nitrogen and oxygen atoms in total. The molecule has 1 atom stereocenters. The Morgan fingerprint density at radius 3 is 2.83 bits per heavy atom. The summed E-state index contributed by atoms with van der Waals surface area (Å²) in [6.45, 7) is 0. The van der Waals surface area contributed by atoms with Gasteiger partial charge in [-0.05, 0) is 60.7 Å². The number of H-pyrrole nitrogens is 1. The van der Waals surface area contributed by atoms with Crippen molar-refractivity contribution in [2.24, 2.45) is 5.73 Å². The van der Waals surface area contributed by atoms with E-state index >= 15 is 0 Å². The fourth-order valence-electron chi connectivity index (χ4n) is 3.74. The molecule has 4 N–H and O–H groups in total. The molecule has 0 radical (unpaired) electrons. The van der Waals surface area contributed by atoms with E-state index in [2.05, 4.69) is 10.3 Å². The average Bonchev–Trinajstić information content (AvgIpc) is 3.05. The number of aromatic amines is 1. The number of nitrogens with two attached hydrogens (primary N) is 1. The van der Waals surface area contributed by atoms with E-state index in [0.717, 1.165) is 41.4 Å². The molecule has 0 spiro atoms. The minimum atomic E-state index is -0.437. The number of non-ortho nitro benzene ring substituents is 1. The number of hydrogen-bond acceptors (Lipinski definition) is 4. The van der Waals surface area contributed by atoms with Crippen LogP contribution in [-0.4, -0.2) is 21.9 Å². The van der Waals surface area contributed by atoms with Crippen molar-refractivity contribution in [2.45, 2.75) is 31.7 Å². The molecule has 1 amide bonds. The molecular formula is C22H22N4O3. The average molecular weight is 390 g/mol. The highest BCUT2D eigenvalue weighted by Crippen LogP contribution is 2.30. The van der Waals surface area contributed by atoms with Crippen LogP contribution in [0, 0.1) is 10.1 Å². The molecule has 3 aromatic rings. The number of carbonyl (C=O) groups excluding carboxylic acids is 1. The topological polar surface area (TPSA) is 114 Å². The van der Waals surface area contributed by atoms with Crippen molar-refractivity contribution in [3.05, 3.63) is 75.5 Å². The zero-order valence-corrected chi connectivity index (χ0v) is 15.9. The van der Waals surface area contributed by atoms with Crippen LogP contribution in [0.4, 0.5) is 11.4 Å². The summed E-state index contributed by atoms with van der Waals surface area (Å²) in [5.74, 6) is -0.122. The van der Waals surface area contributed by atoms with Crippen LogP contribution in [0.3, 0.4) is 0 Å². The number of nitrogens with zero attached hydrogens (tertiary/aromatic N) is 1. The third-order valence-corrected chi connectivity index (χ3v) is 5.23. The number of anilines is 1. The number of nitro benzene ring substituents is 1. The molecule has 1 aliphatic rings. The number of rotatable bonds is 5. The molecule has 1 aliphatic carbocycles. The summed E-state index contributed by atoms with van der Waals surface area (Å²) >= 11 is 0. The molecule has 29 heavy (non-hydrogen) atoms. The van der Waals surface area contributed by atoms with Gasteiger partial charge < -0.3 is 16.0 Å². The van der Waals surface area contributed by atoms with Gasteiger partial charge in [0, 0.05) is 46.9 Å². The number of aromatic nitrogens is 1. The van der Waals surface area contributed by atoms with Crippen LogP contribution >= 0.6 is 0 Å². The van der Waals surface area contributed by atoms with Gasteiger partial charge in [0.05, 0.1) is 4.92 Å². The summed E-state index contributed by atoms with van der Waals surface area (Å²) < 4.78 is 0. The lowest BCUT2D eigenvalue weighted by Gasteiger charge is -2.18. The lowest BCUT2D eigenvalue weighted by Crippen LogP contribution is -2.27. The monoisotopic (exact) mass is 390 g/mol. The largest absolute Gasteiger partial charge is 0.358 e. The van der Waals surface area contributed by atoms with Gasteiger partial charge >= 0.3 is 0 Å². The maximum absolute atomic E-state index is 12.3. The minimum absolute atomic E-state index is 0.0446. The standard InChI is InChI=1S/C22H22N4O3/c23-15-6-10-20-18(12-15)19-13-16(7-11-21(19)25-20)24-22(27)3-1-2-14-4-8-17(9-5-14)26(28)29/h1-2,4-5,7-9,11,13,15,25H,3,6,10,12,23H2,(H,24,27). The SMILES string of the molecule is NC1CCc2[nH]c3ccc(NC(=O)CC=Cc4ccc([N+](=O)[O-])cc4)cc3c2C1. The zero-order chi connectivity index (χ0) is 20.4. The Kier molecular flexibility index (Phi) is 5.14. The molecule has 1 aromatic heterocycles. The van der Waals surface area contributed by atoms with Crippen LogP contribution in [0.15, 0.2) is 48.5 Å². The van der Waals surface area contributed by atoms with Gasteiger partial charge in [-0.1, -0.05) is 12.2 Å². The lowest BCUT2D eigenvalue weighted by atomic mass is 9.92. The van der Waals surface area contributed by atoms with Gasteiger partial charge in [0.1, 0.15) is 0 Å². The Hall–Kier alpha value is -3.45. The minimum Gasteiger partial charge on any atom is -0.358 e. The fraction of sp³-hybridized carbons (Fsp3) is 0.227. The molecule has 7 heteroatoms. The smallest absolute Gasteiger partial charge is 0.269 e. The zero-order valence-electron chi connectivity index (χ0n) is 15.9. The van der Waals surface area contributed by atoms with Crippen LogP contribution in [0.1, 0.15) is 29.7 Å². The number of nitro groups is 1. The van der Waals surface area contributed by atoms with E-state index < -0.39 is 4.92 Å². The molecule has 2 aromatic carbocycles. The molecule has 4 rings (SSSR count). The fourth-order valence-corrected chi connectivity index (χ4v) is 3.74. The quantitative estimate of drug-likeness (QED) is 0.452. The van der Waals surface area contributed by atoms with Gasteiger partial charge in [-0.15, -0.1) is 0 Å². The second kappa shape index (κ2) is 7.89. The van der Waals surface area contributed by atoms with Gasteiger partial charge in [0.25, 0.3) is 5.69 Å². The van der Waals surface area contributed by atoms with E-state index in [-0.39, 0.29) is 24.1 Å². The van der Waals surface area contributed by atoms with Gasteiger partial charge in [-0.2, -0.15) is 0 Å². The molecule has 0 saturated heterocycles. The summed E-state index contributed by atoms with van der Waals surface area (Å²) in [5, 5.41) is 14.7. The van der Waals surface area contributed by atoms with Crippen LogP contribution in [0.2, 0.25) is 0 Å². The van der Waals surface area contributed by atoms with Gasteiger partial charge in [-0.3, -0.25) is 14.9 Å². The first-order valence-corrected chi connectivity index (χ1v) is 9.59. The van der Waals surface area contributed by atoms with Crippen LogP contribution < -0.4 is 11.1 Å². The second-order valence-electron chi connectivity index (χ2n) is 7.35. The Labute approximate surface area is 167 Å². The third-order valence-electron chi connectivity index (χ3n) is 5.23. The first kappa shape index (κ1) is 18.9. The summed E-state index contributed by atoms with van der Waals surface area (Å²) in [6.07, 6.45) is 6.53. The predicted octanol–water partition coefficient (Wildman–Crippen LogP) is 3.93. The van der Waals surface area contributed by atoms with Crippen molar-refractivity contribution >= 4 is 34.3 Å². The highest BCUT2D eigenvalue weighted by atomic mass is 16.6. The van der Waals surface area contributed by atoms with Crippen molar-refractivity contribution < 1.29 is 9.72 Å². The van der Waals surface area contributed by atoms with Crippen molar-refractivity contribution in [3.63, 3.8) is 0 Å². The van der Waals surface area contributed by atoms with Gasteiger partial charge in [0.15, 0.2) is 0 Å². The van der Waals surface area contributed by atoms with E-state index in [1.165, 1.54) is 23.4 Å². The maximum atomic E-state index is 12.3. The number of benzene rings is 2. The third kappa shape index (κ3) is 4.20.